The van der Waals surface area contributed by atoms with Gasteiger partial charge in [-0.2, -0.15) is 13.2 Å². The minimum absolute atomic E-state index is 0.268. The Morgan fingerprint density at radius 2 is 1.74 bits per heavy atom. The molecule has 146 valence electrons. The highest BCUT2D eigenvalue weighted by Gasteiger charge is 2.38. The number of hydrogen-bond donors (Lipinski definition) is 3. The highest BCUT2D eigenvalue weighted by molar-refractivity contribution is 6.30. The number of hydrogen-bond acceptors (Lipinski definition) is 3. The average Bonchev–Trinajstić information content (AvgIpc) is 2.60. The van der Waals surface area contributed by atoms with E-state index < -0.39 is 12.1 Å². The Bertz CT molecular complexity index is 768. The minimum atomic E-state index is -5.08. The molecule has 0 radical (unpaired) electrons. The number of carbonyl (C=O) groups is 2. The lowest BCUT2D eigenvalue weighted by Gasteiger charge is -2.08. The monoisotopic (exact) mass is 404 g/mol. The number of rotatable bonds is 4. The van der Waals surface area contributed by atoms with Gasteiger partial charge in [-0.25, -0.2) is 9.59 Å². The van der Waals surface area contributed by atoms with Gasteiger partial charge in [0, 0.05) is 17.3 Å². The number of halogens is 4. The Balaban J connectivity index is 0.000000445. The van der Waals surface area contributed by atoms with Crippen LogP contribution in [0.1, 0.15) is 5.56 Å². The van der Waals surface area contributed by atoms with Gasteiger partial charge in [-0.05, 0) is 42.0 Å². The van der Waals surface area contributed by atoms with Crippen LogP contribution < -0.4 is 15.4 Å². The van der Waals surface area contributed by atoms with Gasteiger partial charge in [-0.15, -0.1) is 0 Å². The second-order valence-electron chi connectivity index (χ2n) is 4.97. The molecule has 0 atom stereocenters. The van der Waals surface area contributed by atoms with Crippen LogP contribution in [-0.4, -0.2) is 30.4 Å². The van der Waals surface area contributed by atoms with Crippen molar-refractivity contribution in [3.8, 4) is 5.75 Å². The average molecular weight is 405 g/mol. The van der Waals surface area contributed by atoms with Crippen LogP contribution in [0.2, 0.25) is 5.02 Å². The molecule has 2 aromatic carbocycles. The van der Waals surface area contributed by atoms with Gasteiger partial charge in [-0.3, -0.25) is 0 Å². The summed E-state index contributed by atoms with van der Waals surface area (Å²) in [4.78, 5) is 20.6. The summed E-state index contributed by atoms with van der Waals surface area (Å²) in [7, 11) is 1.60. The standard InChI is InChI=1S/C15H15ClN2O2.C2HF3O2/c1-20-14-7-5-13(6-8-14)18-15(19)17-10-11-3-2-4-12(16)9-11;3-2(4,5)1(6)7/h2-9H,10H2,1H3,(H2,17,18,19);(H,6,7). The predicted octanol–water partition coefficient (Wildman–Crippen LogP) is 4.30. The molecule has 2 rings (SSSR count). The van der Waals surface area contributed by atoms with Crippen molar-refractivity contribution in [2.75, 3.05) is 12.4 Å². The van der Waals surface area contributed by atoms with E-state index in [9.17, 15) is 18.0 Å². The predicted molar refractivity (Wildman–Crippen MR) is 94.0 cm³/mol. The number of anilines is 1. The van der Waals surface area contributed by atoms with E-state index >= 15 is 0 Å². The summed E-state index contributed by atoms with van der Waals surface area (Å²) in [6, 6.07) is 14.2. The van der Waals surface area contributed by atoms with E-state index in [1.807, 2.05) is 18.2 Å². The van der Waals surface area contributed by atoms with Crippen molar-refractivity contribution >= 4 is 29.3 Å². The van der Waals surface area contributed by atoms with Gasteiger partial charge < -0.3 is 20.5 Å². The maximum Gasteiger partial charge on any atom is 0.490 e. The van der Waals surface area contributed by atoms with Crippen molar-refractivity contribution in [3.05, 3.63) is 59.1 Å². The first-order valence-corrected chi connectivity index (χ1v) is 7.73. The molecular formula is C17H16ClF3N2O4. The van der Waals surface area contributed by atoms with E-state index in [0.29, 0.717) is 17.3 Å². The smallest absolute Gasteiger partial charge is 0.490 e. The number of aliphatic carboxylic acids is 1. The highest BCUT2D eigenvalue weighted by atomic mass is 35.5. The van der Waals surface area contributed by atoms with E-state index in [-0.39, 0.29) is 6.03 Å². The van der Waals surface area contributed by atoms with Gasteiger partial charge in [-0.1, -0.05) is 23.7 Å². The van der Waals surface area contributed by atoms with Gasteiger partial charge in [0.05, 0.1) is 7.11 Å². The number of carboxylic acids is 1. The fourth-order valence-electron chi connectivity index (χ4n) is 1.68. The SMILES string of the molecule is COc1ccc(NC(=O)NCc2cccc(Cl)c2)cc1.O=C(O)C(F)(F)F. The quantitative estimate of drug-likeness (QED) is 0.708. The van der Waals surface area contributed by atoms with E-state index in [4.69, 9.17) is 26.2 Å². The molecule has 0 aromatic heterocycles. The lowest BCUT2D eigenvalue weighted by atomic mass is 10.2. The van der Waals surface area contributed by atoms with E-state index in [1.54, 1.807) is 37.4 Å². The molecule has 2 amide bonds. The van der Waals surface area contributed by atoms with Gasteiger partial charge in [0.15, 0.2) is 0 Å². The van der Waals surface area contributed by atoms with Crippen LogP contribution in [0.5, 0.6) is 5.75 Å². The van der Waals surface area contributed by atoms with Crippen LogP contribution >= 0.6 is 11.6 Å². The molecule has 0 saturated carbocycles. The fraction of sp³-hybridized carbons (Fsp3) is 0.176. The first-order chi connectivity index (χ1) is 12.6. The molecule has 0 spiro atoms. The summed E-state index contributed by atoms with van der Waals surface area (Å²) in [5, 5.41) is 13.3. The van der Waals surface area contributed by atoms with Crippen LogP contribution in [0.4, 0.5) is 23.7 Å². The number of carboxylic acid groups (broad SMARTS) is 1. The topological polar surface area (TPSA) is 87.7 Å². The van der Waals surface area contributed by atoms with Gasteiger partial charge in [0.25, 0.3) is 0 Å². The van der Waals surface area contributed by atoms with Crippen LogP contribution in [0, 0.1) is 0 Å². The second-order valence-corrected chi connectivity index (χ2v) is 5.41. The second kappa shape index (κ2) is 10.3. The van der Waals surface area contributed by atoms with Crippen LogP contribution in [-0.2, 0) is 11.3 Å². The Kier molecular flexibility index (Phi) is 8.40. The summed E-state index contributed by atoms with van der Waals surface area (Å²) in [5.41, 5.74) is 1.65. The molecule has 0 bridgehead atoms. The van der Waals surface area contributed by atoms with E-state index in [1.165, 1.54) is 0 Å². The maximum atomic E-state index is 11.7. The number of nitrogens with one attached hydrogen (secondary N) is 2. The van der Waals surface area contributed by atoms with Gasteiger partial charge in [0.2, 0.25) is 0 Å². The van der Waals surface area contributed by atoms with Crippen molar-refractivity contribution < 1.29 is 32.6 Å². The van der Waals surface area contributed by atoms with Crippen LogP contribution in [0.15, 0.2) is 48.5 Å². The molecule has 27 heavy (non-hydrogen) atoms. The molecule has 6 nitrogen and oxygen atoms in total. The van der Waals surface area contributed by atoms with Crippen LogP contribution in [0.25, 0.3) is 0 Å². The Labute approximate surface area is 157 Å². The first-order valence-electron chi connectivity index (χ1n) is 7.35. The molecule has 0 aliphatic carbocycles. The van der Waals surface area contributed by atoms with Crippen molar-refractivity contribution in [1.29, 1.82) is 0 Å². The third kappa shape index (κ3) is 8.82. The number of alkyl halides is 3. The number of ether oxygens (including phenoxy) is 1. The zero-order valence-electron chi connectivity index (χ0n) is 14.0. The summed E-state index contributed by atoms with van der Waals surface area (Å²) in [5.74, 6) is -2.01. The molecule has 0 aliphatic rings. The molecular weight excluding hydrogens is 389 g/mol. The molecule has 0 saturated heterocycles. The Hall–Kier alpha value is -2.94. The fourth-order valence-corrected chi connectivity index (χ4v) is 1.89. The van der Waals surface area contributed by atoms with E-state index in [0.717, 1.165) is 11.3 Å². The number of amides is 2. The number of carbonyl (C=O) groups excluding carboxylic acids is 1. The summed E-state index contributed by atoms with van der Waals surface area (Å²) >= 11 is 5.88. The van der Waals surface area contributed by atoms with Gasteiger partial charge >= 0.3 is 18.2 Å². The molecule has 0 aliphatic heterocycles. The summed E-state index contributed by atoms with van der Waals surface area (Å²) in [6.45, 7) is 0.419. The molecule has 0 unspecified atom stereocenters. The molecule has 0 heterocycles. The number of benzene rings is 2. The summed E-state index contributed by atoms with van der Waals surface area (Å²) < 4.78 is 36.8. The number of methoxy groups -OCH3 is 1. The highest BCUT2D eigenvalue weighted by Crippen LogP contribution is 2.15. The zero-order valence-corrected chi connectivity index (χ0v) is 14.8. The molecule has 3 N–H and O–H groups in total. The lowest BCUT2D eigenvalue weighted by Crippen LogP contribution is -2.28. The largest absolute Gasteiger partial charge is 0.497 e. The third-order valence-electron chi connectivity index (χ3n) is 2.93. The van der Waals surface area contributed by atoms with Gasteiger partial charge in [0.1, 0.15) is 5.75 Å². The number of urea groups is 1. The minimum Gasteiger partial charge on any atom is -0.497 e. The Morgan fingerprint density at radius 1 is 1.15 bits per heavy atom. The molecule has 10 heteroatoms. The van der Waals surface area contributed by atoms with Crippen molar-refractivity contribution in [2.45, 2.75) is 12.7 Å². The third-order valence-corrected chi connectivity index (χ3v) is 3.17. The molecule has 0 fully saturated rings. The molecule has 2 aromatic rings. The lowest BCUT2D eigenvalue weighted by molar-refractivity contribution is -0.192. The van der Waals surface area contributed by atoms with Crippen molar-refractivity contribution in [1.82, 2.24) is 5.32 Å². The maximum absolute atomic E-state index is 11.7. The Morgan fingerprint density at radius 3 is 2.22 bits per heavy atom. The normalized spacial score (nSPS) is 10.3. The zero-order chi connectivity index (χ0) is 20.4. The van der Waals surface area contributed by atoms with Crippen molar-refractivity contribution in [2.24, 2.45) is 0 Å². The van der Waals surface area contributed by atoms with E-state index in [2.05, 4.69) is 10.6 Å². The van der Waals surface area contributed by atoms with Crippen molar-refractivity contribution in [3.63, 3.8) is 0 Å². The van der Waals surface area contributed by atoms with Crippen LogP contribution in [0.3, 0.4) is 0 Å². The first kappa shape index (κ1) is 22.1. The summed E-state index contributed by atoms with van der Waals surface area (Å²) in [6.07, 6.45) is -5.08.